The lowest BCUT2D eigenvalue weighted by atomic mass is 10.2. The third-order valence-electron chi connectivity index (χ3n) is 3.07. The van der Waals surface area contributed by atoms with Gasteiger partial charge in [0.1, 0.15) is 0 Å². The molecule has 2 N–H and O–H groups in total. The van der Waals surface area contributed by atoms with Gasteiger partial charge in [-0.15, -0.1) is 0 Å². The summed E-state index contributed by atoms with van der Waals surface area (Å²) in [6.45, 7) is 2.01. The lowest BCUT2D eigenvalue weighted by Gasteiger charge is -2.23. The first-order chi connectivity index (χ1) is 9.98. The molecule has 1 aliphatic rings. The highest BCUT2D eigenvalue weighted by Crippen LogP contribution is 2.19. The summed E-state index contributed by atoms with van der Waals surface area (Å²) >= 11 is 0. The first-order valence-electron chi connectivity index (χ1n) is 6.50. The van der Waals surface area contributed by atoms with Crippen molar-refractivity contribution < 1.29 is 18.1 Å². The number of nitrogens with zero attached hydrogens (tertiary/aromatic N) is 1. The Labute approximate surface area is 122 Å². The molecule has 8 nitrogen and oxygen atoms in total. The summed E-state index contributed by atoms with van der Waals surface area (Å²) < 4.78 is 31.8. The van der Waals surface area contributed by atoms with Gasteiger partial charge in [-0.2, -0.15) is 0 Å². The summed E-state index contributed by atoms with van der Waals surface area (Å²) in [4.78, 5) is 10.3. The van der Waals surface area contributed by atoms with E-state index in [-0.39, 0.29) is 23.9 Å². The second kappa shape index (κ2) is 6.94. The van der Waals surface area contributed by atoms with Crippen molar-refractivity contribution in [3.8, 4) is 0 Å². The molecule has 0 radical (unpaired) electrons. The van der Waals surface area contributed by atoms with Crippen molar-refractivity contribution in [2.45, 2.75) is 11.9 Å². The van der Waals surface area contributed by atoms with Crippen molar-refractivity contribution in [2.24, 2.45) is 0 Å². The molecule has 0 aromatic heterocycles. The molecule has 1 aromatic rings. The van der Waals surface area contributed by atoms with Gasteiger partial charge in [-0.3, -0.25) is 10.1 Å². The van der Waals surface area contributed by atoms with Gasteiger partial charge in [0.05, 0.1) is 23.4 Å². The molecule has 1 aromatic carbocycles. The van der Waals surface area contributed by atoms with Crippen molar-refractivity contribution >= 4 is 15.7 Å². The summed E-state index contributed by atoms with van der Waals surface area (Å²) in [5.41, 5.74) is -0.0313. The highest BCUT2D eigenvalue weighted by Gasteiger charge is 2.21. The SMILES string of the molecule is O=[N+]([O-])c1ccccc1CS(=O)(=O)NCC1CNCCO1. The maximum atomic E-state index is 12.0. The zero-order valence-electron chi connectivity index (χ0n) is 11.3. The number of rotatable bonds is 6. The van der Waals surface area contributed by atoms with Crippen LogP contribution >= 0.6 is 0 Å². The first-order valence-corrected chi connectivity index (χ1v) is 8.15. The van der Waals surface area contributed by atoms with Crippen molar-refractivity contribution in [2.75, 3.05) is 26.2 Å². The van der Waals surface area contributed by atoms with E-state index in [4.69, 9.17) is 4.74 Å². The number of nitro groups is 1. The quantitative estimate of drug-likeness (QED) is 0.565. The van der Waals surface area contributed by atoms with E-state index in [1.807, 2.05) is 0 Å². The Morgan fingerprint density at radius 2 is 2.19 bits per heavy atom. The largest absolute Gasteiger partial charge is 0.374 e. The minimum absolute atomic E-state index is 0.149. The molecule has 21 heavy (non-hydrogen) atoms. The fraction of sp³-hybridized carbons (Fsp3) is 0.500. The van der Waals surface area contributed by atoms with Gasteiger partial charge >= 0.3 is 0 Å². The third-order valence-corrected chi connectivity index (χ3v) is 4.37. The van der Waals surface area contributed by atoms with Crippen molar-refractivity contribution in [3.63, 3.8) is 0 Å². The van der Waals surface area contributed by atoms with Crippen LogP contribution in [0.5, 0.6) is 0 Å². The van der Waals surface area contributed by atoms with E-state index in [1.165, 1.54) is 18.2 Å². The number of para-hydroxylation sites is 1. The molecule has 1 aliphatic heterocycles. The van der Waals surface area contributed by atoms with Crippen molar-refractivity contribution in [3.05, 3.63) is 39.9 Å². The number of nitrogens with one attached hydrogen (secondary N) is 2. The van der Waals surface area contributed by atoms with E-state index in [0.29, 0.717) is 13.2 Å². The number of morpholine rings is 1. The molecule has 9 heteroatoms. The van der Waals surface area contributed by atoms with Gasteiger partial charge in [-0.1, -0.05) is 18.2 Å². The molecular formula is C12H17N3O5S. The molecule has 1 saturated heterocycles. The summed E-state index contributed by atoms with van der Waals surface area (Å²) in [5, 5.41) is 14.0. The summed E-state index contributed by atoms with van der Waals surface area (Å²) in [7, 11) is -3.65. The molecule has 1 unspecified atom stereocenters. The van der Waals surface area contributed by atoms with E-state index in [9.17, 15) is 18.5 Å². The normalized spacial score (nSPS) is 19.3. The van der Waals surface area contributed by atoms with Crippen molar-refractivity contribution in [1.29, 1.82) is 0 Å². The standard InChI is InChI=1S/C12H17N3O5S/c16-15(17)12-4-2-1-3-10(12)9-21(18,19)14-8-11-7-13-5-6-20-11/h1-4,11,13-14H,5-9H2. The molecule has 0 amide bonds. The van der Waals surface area contributed by atoms with E-state index in [0.717, 1.165) is 6.54 Å². The van der Waals surface area contributed by atoms with E-state index >= 15 is 0 Å². The van der Waals surface area contributed by atoms with Crippen LogP contribution in [0, 0.1) is 10.1 Å². The van der Waals surface area contributed by atoms with Gasteiger partial charge in [0, 0.05) is 31.3 Å². The van der Waals surface area contributed by atoms with Crippen LogP contribution in [-0.4, -0.2) is 45.7 Å². The topological polar surface area (TPSA) is 111 Å². The van der Waals surface area contributed by atoms with Gasteiger partial charge in [0.25, 0.3) is 5.69 Å². The van der Waals surface area contributed by atoms with Crippen LogP contribution in [0.2, 0.25) is 0 Å². The monoisotopic (exact) mass is 315 g/mol. The summed E-state index contributed by atoms with van der Waals surface area (Å²) in [6.07, 6.45) is -0.223. The number of hydrogen-bond donors (Lipinski definition) is 2. The molecule has 1 atom stereocenters. The molecule has 0 bridgehead atoms. The van der Waals surface area contributed by atoms with E-state index < -0.39 is 20.7 Å². The van der Waals surface area contributed by atoms with Crippen LogP contribution in [0.3, 0.4) is 0 Å². The highest BCUT2D eigenvalue weighted by atomic mass is 32.2. The van der Waals surface area contributed by atoms with Crippen molar-refractivity contribution in [1.82, 2.24) is 10.0 Å². The number of sulfonamides is 1. The summed E-state index contributed by atoms with van der Waals surface area (Å²) in [5.74, 6) is -0.426. The molecule has 116 valence electrons. The van der Waals surface area contributed by atoms with Crippen LogP contribution in [0.15, 0.2) is 24.3 Å². The van der Waals surface area contributed by atoms with Gasteiger partial charge in [0.15, 0.2) is 0 Å². The second-order valence-electron chi connectivity index (χ2n) is 4.69. The van der Waals surface area contributed by atoms with Crippen LogP contribution in [0.4, 0.5) is 5.69 Å². The second-order valence-corrected chi connectivity index (χ2v) is 6.50. The predicted octanol–water partition coefficient (Wildman–Crippen LogP) is 0.00260. The average Bonchev–Trinajstić information content (AvgIpc) is 2.46. The smallest absolute Gasteiger partial charge is 0.273 e. The van der Waals surface area contributed by atoms with Crippen LogP contribution in [-0.2, 0) is 20.5 Å². The molecular weight excluding hydrogens is 298 g/mol. The Balaban J connectivity index is 1.99. The Morgan fingerprint density at radius 1 is 1.43 bits per heavy atom. The van der Waals surface area contributed by atoms with Gasteiger partial charge in [-0.05, 0) is 0 Å². The zero-order valence-corrected chi connectivity index (χ0v) is 12.1. The third kappa shape index (κ3) is 4.74. The van der Waals surface area contributed by atoms with Gasteiger partial charge in [-0.25, -0.2) is 13.1 Å². The van der Waals surface area contributed by atoms with E-state index in [2.05, 4.69) is 10.0 Å². The Bertz CT molecular complexity index is 599. The Hall–Kier alpha value is -1.55. The number of hydrogen-bond acceptors (Lipinski definition) is 6. The average molecular weight is 315 g/mol. The molecule has 2 rings (SSSR count). The minimum Gasteiger partial charge on any atom is -0.374 e. The van der Waals surface area contributed by atoms with Crippen LogP contribution in [0.25, 0.3) is 0 Å². The molecule has 0 aliphatic carbocycles. The highest BCUT2D eigenvalue weighted by molar-refractivity contribution is 7.88. The number of nitro benzene ring substituents is 1. The summed E-state index contributed by atoms with van der Waals surface area (Å²) in [6, 6.07) is 5.81. The molecule has 1 fully saturated rings. The zero-order chi connectivity index (χ0) is 15.3. The Kier molecular flexibility index (Phi) is 5.23. The lowest BCUT2D eigenvalue weighted by molar-refractivity contribution is -0.385. The minimum atomic E-state index is -3.65. The Morgan fingerprint density at radius 3 is 2.86 bits per heavy atom. The van der Waals surface area contributed by atoms with Crippen LogP contribution < -0.4 is 10.0 Å². The molecule has 0 saturated carbocycles. The van der Waals surface area contributed by atoms with Crippen LogP contribution in [0.1, 0.15) is 5.56 Å². The maximum Gasteiger partial charge on any atom is 0.273 e. The van der Waals surface area contributed by atoms with Gasteiger partial charge in [0.2, 0.25) is 10.0 Å². The van der Waals surface area contributed by atoms with Gasteiger partial charge < -0.3 is 10.1 Å². The number of benzene rings is 1. The first kappa shape index (κ1) is 15.8. The number of ether oxygens (including phenoxy) is 1. The lowest BCUT2D eigenvalue weighted by Crippen LogP contribution is -2.45. The fourth-order valence-corrected chi connectivity index (χ4v) is 3.23. The fourth-order valence-electron chi connectivity index (χ4n) is 2.04. The van der Waals surface area contributed by atoms with E-state index in [1.54, 1.807) is 6.07 Å². The maximum absolute atomic E-state index is 12.0. The molecule has 1 heterocycles. The predicted molar refractivity (Wildman–Crippen MR) is 76.3 cm³/mol. The molecule has 0 spiro atoms.